The van der Waals surface area contributed by atoms with Crippen LogP contribution >= 0.6 is 0 Å². The highest BCUT2D eigenvalue weighted by molar-refractivity contribution is 5.95. The molecular formula is C23H18F4N2O3. The summed E-state index contributed by atoms with van der Waals surface area (Å²) < 4.78 is 55.1. The van der Waals surface area contributed by atoms with Gasteiger partial charge in [-0.25, -0.2) is 9.37 Å². The van der Waals surface area contributed by atoms with Crippen molar-refractivity contribution in [3.8, 4) is 17.1 Å². The maximum atomic E-state index is 14.2. The van der Waals surface area contributed by atoms with E-state index in [1.54, 1.807) is 30.3 Å². The zero-order valence-electron chi connectivity index (χ0n) is 16.7. The number of ether oxygens (including phenoxy) is 1. The summed E-state index contributed by atoms with van der Waals surface area (Å²) in [7, 11) is 0. The molecule has 0 aliphatic heterocycles. The van der Waals surface area contributed by atoms with Crippen molar-refractivity contribution in [1.29, 1.82) is 0 Å². The smallest absolute Gasteiger partial charge is 0.403 e. The van der Waals surface area contributed by atoms with Crippen LogP contribution in [0.4, 0.5) is 17.6 Å². The van der Waals surface area contributed by atoms with E-state index in [-0.39, 0.29) is 23.9 Å². The van der Waals surface area contributed by atoms with Gasteiger partial charge in [0.05, 0.1) is 0 Å². The van der Waals surface area contributed by atoms with Gasteiger partial charge in [-0.15, -0.1) is 13.2 Å². The average Bonchev–Trinajstić information content (AvgIpc) is 3.58. The number of nitrogens with one attached hydrogen (secondary N) is 1. The minimum absolute atomic E-state index is 0.0178. The molecule has 3 aromatic rings. The van der Waals surface area contributed by atoms with Gasteiger partial charge in [0.25, 0.3) is 5.56 Å². The third-order valence-electron chi connectivity index (χ3n) is 5.28. The Balaban J connectivity index is 1.58. The molecule has 1 heterocycles. The van der Waals surface area contributed by atoms with E-state index < -0.39 is 35.2 Å². The third-order valence-corrected chi connectivity index (χ3v) is 5.28. The molecule has 5 nitrogen and oxygen atoms in total. The van der Waals surface area contributed by atoms with Gasteiger partial charge in [-0.2, -0.15) is 0 Å². The summed E-state index contributed by atoms with van der Waals surface area (Å²) in [6.45, 7) is 0. The van der Waals surface area contributed by atoms with E-state index in [9.17, 15) is 27.2 Å². The van der Waals surface area contributed by atoms with Crippen molar-refractivity contribution >= 4 is 5.78 Å². The molecule has 1 aromatic heterocycles. The summed E-state index contributed by atoms with van der Waals surface area (Å²) in [5, 5.41) is 0. The summed E-state index contributed by atoms with van der Waals surface area (Å²) in [5.41, 5.74) is 0.543. The first-order valence-corrected chi connectivity index (χ1v) is 9.95. The van der Waals surface area contributed by atoms with Gasteiger partial charge in [0.15, 0.2) is 17.3 Å². The summed E-state index contributed by atoms with van der Waals surface area (Å²) >= 11 is 0. The Morgan fingerprint density at radius 2 is 1.84 bits per heavy atom. The first kappa shape index (κ1) is 21.7. The van der Waals surface area contributed by atoms with Crippen LogP contribution in [0.3, 0.4) is 0 Å². The molecule has 1 N–H and O–H groups in total. The van der Waals surface area contributed by atoms with Crippen LogP contribution in [-0.2, 0) is 0 Å². The van der Waals surface area contributed by atoms with E-state index >= 15 is 0 Å². The molecule has 0 bridgehead atoms. The molecule has 1 fully saturated rings. The van der Waals surface area contributed by atoms with E-state index in [4.69, 9.17) is 0 Å². The predicted molar refractivity (Wildman–Crippen MR) is 108 cm³/mol. The molecule has 0 saturated heterocycles. The summed E-state index contributed by atoms with van der Waals surface area (Å²) in [6.07, 6.45) is -3.41. The van der Waals surface area contributed by atoms with Crippen LogP contribution in [0.5, 0.6) is 5.75 Å². The molecule has 9 heteroatoms. The second-order valence-corrected chi connectivity index (χ2v) is 7.65. The van der Waals surface area contributed by atoms with Crippen molar-refractivity contribution in [2.24, 2.45) is 5.92 Å². The number of aromatic nitrogens is 2. The minimum Gasteiger partial charge on any atom is -0.403 e. The van der Waals surface area contributed by atoms with Crippen molar-refractivity contribution in [1.82, 2.24) is 9.97 Å². The van der Waals surface area contributed by atoms with Crippen molar-refractivity contribution < 1.29 is 27.1 Å². The third kappa shape index (κ3) is 5.22. The first-order valence-electron chi connectivity index (χ1n) is 9.95. The Kier molecular flexibility index (Phi) is 5.82. The number of nitrogens with zero attached hydrogens (tertiary/aromatic N) is 1. The van der Waals surface area contributed by atoms with Gasteiger partial charge in [0.1, 0.15) is 11.5 Å². The van der Waals surface area contributed by atoms with Gasteiger partial charge in [-0.1, -0.05) is 36.4 Å². The number of hydrogen-bond donors (Lipinski definition) is 1. The molecule has 32 heavy (non-hydrogen) atoms. The van der Waals surface area contributed by atoms with Gasteiger partial charge in [-0.05, 0) is 42.4 Å². The summed E-state index contributed by atoms with van der Waals surface area (Å²) in [5.74, 6) is -2.53. The molecule has 0 amide bonds. The number of hydrogen-bond acceptors (Lipinski definition) is 4. The van der Waals surface area contributed by atoms with Crippen LogP contribution in [0.2, 0.25) is 0 Å². The number of Topliss-reactive ketones (excluding diaryl/α,β-unsaturated/α-hetero) is 1. The summed E-state index contributed by atoms with van der Waals surface area (Å²) in [6, 6.07) is 13.2. The lowest BCUT2D eigenvalue weighted by molar-refractivity contribution is -0.275. The number of aromatic amines is 1. The lowest BCUT2D eigenvalue weighted by Gasteiger charge is -2.17. The molecule has 1 aliphatic carbocycles. The molecule has 0 unspecified atom stereocenters. The molecule has 1 saturated carbocycles. The van der Waals surface area contributed by atoms with Crippen molar-refractivity contribution in [2.45, 2.75) is 31.5 Å². The molecule has 1 atom stereocenters. The Labute approximate surface area is 180 Å². The zero-order chi connectivity index (χ0) is 22.9. The van der Waals surface area contributed by atoms with E-state index in [1.165, 1.54) is 6.07 Å². The van der Waals surface area contributed by atoms with Crippen LogP contribution in [0.1, 0.15) is 41.2 Å². The Morgan fingerprint density at radius 1 is 1.12 bits per heavy atom. The topological polar surface area (TPSA) is 72.1 Å². The molecule has 4 rings (SSSR count). The van der Waals surface area contributed by atoms with Crippen molar-refractivity contribution in [3.63, 3.8) is 0 Å². The van der Waals surface area contributed by atoms with Crippen LogP contribution in [0.15, 0.2) is 59.4 Å². The van der Waals surface area contributed by atoms with Crippen molar-refractivity contribution in [2.75, 3.05) is 0 Å². The molecule has 0 spiro atoms. The van der Waals surface area contributed by atoms with Crippen LogP contribution in [-0.4, -0.2) is 22.1 Å². The van der Waals surface area contributed by atoms with E-state index in [0.717, 1.165) is 31.0 Å². The first-order chi connectivity index (χ1) is 15.2. The number of carbonyl (C=O) groups is 1. The number of benzene rings is 2. The van der Waals surface area contributed by atoms with Gasteiger partial charge in [0, 0.05) is 18.1 Å². The van der Waals surface area contributed by atoms with Gasteiger partial charge in [0.2, 0.25) is 0 Å². The number of alkyl halides is 3. The number of carbonyl (C=O) groups excluding carboxylic acids is 1. The minimum atomic E-state index is -5.00. The second-order valence-electron chi connectivity index (χ2n) is 7.65. The highest BCUT2D eigenvalue weighted by Crippen LogP contribution is 2.45. The molecule has 2 aromatic carbocycles. The van der Waals surface area contributed by atoms with Gasteiger partial charge >= 0.3 is 6.36 Å². The monoisotopic (exact) mass is 446 g/mol. The SMILES string of the molecule is O=C(C[C@@H](c1ccc(OC(F)(F)F)c(F)c1)C1CC1)c1cc(=O)[nH]c(-c2ccccc2)n1. The number of rotatable bonds is 7. The zero-order valence-corrected chi connectivity index (χ0v) is 16.7. The summed E-state index contributed by atoms with van der Waals surface area (Å²) in [4.78, 5) is 31.9. The fourth-order valence-corrected chi connectivity index (χ4v) is 3.65. The van der Waals surface area contributed by atoms with Crippen LogP contribution < -0.4 is 10.3 Å². The maximum absolute atomic E-state index is 14.2. The Bertz CT molecular complexity index is 1190. The Hall–Kier alpha value is -3.49. The number of H-pyrrole nitrogens is 1. The molecule has 0 radical (unpaired) electrons. The van der Waals surface area contributed by atoms with Crippen LogP contribution in [0.25, 0.3) is 11.4 Å². The van der Waals surface area contributed by atoms with E-state index in [0.29, 0.717) is 11.1 Å². The highest BCUT2D eigenvalue weighted by atomic mass is 19.4. The fourth-order valence-electron chi connectivity index (χ4n) is 3.65. The second kappa shape index (κ2) is 8.57. The van der Waals surface area contributed by atoms with E-state index in [1.807, 2.05) is 0 Å². The fraction of sp³-hybridized carbons (Fsp3) is 0.261. The molecular weight excluding hydrogens is 428 g/mol. The average molecular weight is 446 g/mol. The van der Waals surface area contributed by atoms with Crippen LogP contribution in [0, 0.1) is 11.7 Å². The highest BCUT2D eigenvalue weighted by Gasteiger charge is 2.36. The maximum Gasteiger partial charge on any atom is 0.573 e. The lowest BCUT2D eigenvalue weighted by atomic mass is 9.88. The number of ketones is 1. The van der Waals surface area contributed by atoms with Gasteiger partial charge < -0.3 is 9.72 Å². The number of halogens is 4. The standard InChI is InChI=1S/C23H18F4N2O3/c24-17-10-15(8-9-20(17)32-23(25,26)27)16(13-6-7-13)11-19(30)18-12-21(31)29-22(28-18)14-4-2-1-3-5-14/h1-5,8-10,12-13,16H,6-7,11H2,(H,28,29,31)/t16-/m1/s1. The largest absolute Gasteiger partial charge is 0.573 e. The lowest BCUT2D eigenvalue weighted by Crippen LogP contribution is -2.18. The van der Waals surface area contributed by atoms with Gasteiger partial charge in [-0.3, -0.25) is 9.59 Å². The molecule has 166 valence electrons. The van der Waals surface area contributed by atoms with Crippen molar-refractivity contribution in [3.05, 3.63) is 82.0 Å². The van der Waals surface area contributed by atoms with E-state index in [2.05, 4.69) is 14.7 Å². The Morgan fingerprint density at radius 3 is 2.47 bits per heavy atom. The molecule has 1 aliphatic rings. The normalized spacial score (nSPS) is 14.8. The quantitative estimate of drug-likeness (QED) is 0.398. The predicted octanol–water partition coefficient (Wildman–Crippen LogP) is 5.24.